The lowest BCUT2D eigenvalue weighted by Gasteiger charge is -2.19. The Balaban J connectivity index is 1.93. The summed E-state index contributed by atoms with van der Waals surface area (Å²) in [6.45, 7) is 0. The molecule has 3 N–H and O–H groups in total. The van der Waals surface area contributed by atoms with Gasteiger partial charge in [0.15, 0.2) is 0 Å². The monoisotopic (exact) mass is 308 g/mol. The van der Waals surface area contributed by atoms with Crippen LogP contribution in [0.15, 0.2) is 0 Å². The molecule has 2 amide bonds. The van der Waals surface area contributed by atoms with Crippen molar-refractivity contribution in [1.29, 1.82) is 0 Å². The normalized spacial score (nSPS) is 32.7. The zero-order valence-corrected chi connectivity index (χ0v) is 12.2. The Bertz CT molecular complexity index is 463. The van der Waals surface area contributed by atoms with Crippen molar-refractivity contribution in [2.75, 3.05) is 5.75 Å². The second-order valence-corrected chi connectivity index (χ2v) is 11.2. The van der Waals surface area contributed by atoms with E-state index in [0.717, 1.165) is 12.8 Å². The topological polar surface area (TPSA) is 78.4 Å². The van der Waals surface area contributed by atoms with Crippen LogP contribution in [0.3, 0.4) is 0 Å². The van der Waals surface area contributed by atoms with Gasteiger partial charge in [0, 0.05) is 17.4 Å². The van der Waals surface area contributed by atoms with E-state index in [2.05, 4.69) is 10.6 Å². The summed E-state index contributed by atoms with van der Waals surface area (Å²) in [4.78, 5) is 21.7. The van der Waals surface area contributed by atoms with Gasteiger partial charge in [-0.15, -0.1) is 0 Å². The highest BCUT2D eigenvalue weighted by Crippen LogP contribution is 2.29. The van der Waals surface area contributed by atoms with Gasteiger partial charge >= 0.3 is 12.0 Å². The number of nitrogens with one attached hydrogen (secondary N) is 2. The molecular weight excluding hydrogens is 292 g/mol. The number of carbonyl (C=O) groups excluding carboxylic acids is 1. The molecule has 2 fully saturated rings. The van der Waals surface area contributed by atoms with Crippen LogP contribution in [0.25, 0.3) is 0 Å². The van der Waals surface area contributed by atoms with E-state index in [1.54, 1.807) is 0 Å². The van der Waals surface area contributed by atoms with Crippen molar-refractivity contribution >= 4 is 41.5 Å². The number of aliphatic carboxylic acids is 1. The maximum Gasteiger partial charge on any atom is 0.315 e. The molecule has 0 aliphatic carbocycles. The van der Waals surface area contributed by atoms with Crippen LogP contribution < -0.4 is 10.6 Å². The van der Waals surface area contributed by atoms with Crippen molar-refractivity contribution in [3.05, 3.63) is 0 Å². The van der Waals surface area contributed by atoms with Crippen LogP contribution in [-0.2, 0) is 34.3 Å². The van der Waals surface area contributed by atoms with Crippen LogP contribution in [0, 0.1) is 0 Å². The maximum atomic E-state index is 11.3. The molecule has 102 valence electrons. The molecule has 18 heavy (non-hydrogen) atoms. The first-order valence-electron chi connectivity index (χ1n) is 5.90. The largest absolute Gasteiger partial charge is 0.481 e. The van der Waals surface area contributed by atoms with Crippen LogP contribution in [-0.4, -0.2) is 40.2 Å². The van der Waals surface area contributed by atoms with E-state index < -0.39 is 13.1 Å². The Morgan fingerprint density at radius 3 is 2.78 bits per heavy atom. The number of fused-ring (bicyclic) bond motifs is 1. The highest BCUT2D eigenvalue weighted by atomic mass is 33.1. The number of amides is 2. The van der Waals surface area contributed by atoms with E-state index in [-0.39, 0.29) is 29.8 Å². The Kier molecular flexibility index (Phi) is 4.08. The molecule has 2 saturated heterocycles. The third-order valence-electron chi connectivity index (χ3n) is 3.45. The minimum absolute atomic E-state index is 0.0485. The number of carboxylic acids is 1. The molecule has 2 aliphatic heterocycles. The Morgan fingerprint density at radius 1 is 1.39 bits per heavy atom. The van der Waals surface area contributed by atoms with Gasteiger partial charge in [-0.2, -0.15) is 0 Å². The highest BCUT2D eigenvalue weighted by molar-refractivity contribution is 8.56. The van der Waals surface area contributed by atoms with Gasteiger partial charge in [-0.25, -0.2) is 4.79 Å². The van der Waals surface area contributed by atoms with Crippen molar-refractivity contribution in [2.45, 2.75) is 43.0 Å². The van der Waals surface area contributed by atoms with E-state index in [4.69, 9.17) is 27.5 Å². The number of urea groups is 1. The van der Waals surface area contributed by atoms with Crippen LogP contribution in [0.5, 0.6) is 0 Å². The Labute approximate surface area is 116 Å². The summed E-state index contributed by atoms with van der Waals surface area (Å²) in [5.41, 5.74) is 0. The summed E-state index contributed by atoms with van der Waals surface area (Å²) in [7, 11) is -1.53. The second kappa shape index (κ2) is 5.26. The molecule has 0 aromatic heterocycles. The third-order valence-corrected chi connectivity index (χ3v) is 8.03. The third kappa shape index (κ3) is 2.92. The van der Waals surface area contributed by atoms with E-state index in [9.17, 15) is 9.59 Å². The molecule has 0 aromatic carbocycles. The van der Waals surface area contributed by atoms with Crippen molar-refractivity contribution < 1.29 is 14.7 Å². The number of hydrogen-bond acceptors (Lipinski definition) is 4. The van der Waals surface area contributed by atoms with Gasteiger partial charge in [-0.3, -0.25) is 4.79 Å². The molecule has 8 heteroatoms. The van der Waals surface area contributed by atoms with Crippen molar-refractivity contribution in [1.82, 2.24) is 10.6 Å². The molecule has 2 rings (SSSR count). The summed E-state index contributed by atoms with van der Waals surface area (Å²) in [6.07, 6.45) is 2.45. The van der Waals surface area contributed by atoms with Crippen LogP contribution in [0.1, 0.15) is 25.7 Å². The van der Waals surface area contributed by atoms with Gasteiger partial charge in [-0.05, 0) is 35.2 Å². The molecule has 2 heterocycles. The maximum absolute atomic E-state index is 11.3. The number of rotatable bonds is 5. The zero-order valence-electron chi connectivity index (χ0n) is 9.76. The fourth-order valence-electron chi connectivity index (χ4n) is 2.63. The highest BCUT2D eigenvalue weighted by Gasteiger charge is 2.46. The van der Waals surface area contributed by atoms with Gasteiger partial charge in [0.1, 0.15) is 0 Å². The van der Waals surface area contributed by atoms with E-state index in [1.165, 1.54) is 0 Å². The predicted octanol–water partition coefficient (Wildman–Crippen LogP) is 0.141. The SMILES string of the molecule is O=C(O)CCCC[C@H]1[C@H]2NC(=O)N[C@H]2CS1(=S)=S. The Morgan fingerprint density at radius 2 is 2.11 bits per heavy atom. The van der Waals surface area contributed by atoms with Crippen molar-refractivity contribution in [2.24, 2.45) is 0 Å². The van der Waals surface area contributed by atoms with Gasteiger partial charge < -0.3 is 15.7 Å². The molecule has 0 unspecified atom stereocenters. The fraction of sp³-hybridized carbons (Fsp3) is 0.800. The van der Waals surface area contributed by atoms with E-state index in [0.29, 0.717) is 12.2 Å². The summed E-state index contributed by atoms with van der Waals surface area (Å²) in [5, 5.41) is 14.5. The van der Waals surface area contributed by atoms with E-state index >= 15 is 0 Å². The number of carboxylic acid groups (broad SMARTS) is 1. The number of hydrogen-bond donors (Lipinski definition) is 3. The predicted molar refractivity (Wildman–Crippen MR) is 76.1 cm³/mol. The average molecular weight is 308 g/mol. The van der Waals surface area contributed by atoms with Crippen LogP contribution >= 0.6 is 0 Å². The molecule has 3 atom stereocenters. The van der Waals surface area contributed by atoms with Gasteiger partial charge in [0.05, 0.1) is 12.1 Å². The lowest BCUT2D eigenvalue weighted by molar-refractivity contribution is -0.137. The van der Waals surface area contributed by atoms with Crippen molar-refractivity contribution in [3.8, 4) is 0 Å². The lowest BCUT2D eigenvalue weighted by atomic mass is 10.0. The molecule has 0 spiro atoms. The molecule has 0 saturated carbocycles. The summed E-state index contributed by atoms with van der Waals surface area (Å²) < 4.78 is 0. The van der Waals surface area contributed by atoms with E-state index in [1.807, 2.05) is 0 Å². The average Bonchev–Trinajstić information content (AvgIpc) is 2.66. The van der Waals surface area contributed by atoms with Gasteiger partial charge in [0.25, 0.3) is 0 Å². The fourth-order valence-corrected chi connectivity index (χ4v) is 7.07. The van der Waals surface area contributed by atoms with Crippen LogP contribution in [0.2, 0.25) is 0 Å². The van der Waals surface area contributed by atoms with Gasteiger partial charge in [-0.1, -0.05) is 13.6 Å². The zero-order chi connectivity index (χ0) is 13.3. The quantitative estimate of drug-likeness (QED) is 0.497. The first-order chi connectivity index (χ1) is 8.40. The van der Waals surface area contributed by atoms with Crippen LogP contribution in [0.4, 0.5) is 4.79 Å². The summed E-state index contributed by atoms with van der Waals surface area (Å²) in [6, 6.07) is -0.0141. The summed E-state index contributed by atoms with van der Waals surface area (Å²) >= 11 is 11.0. The molecular formula is C10H16N2O3S3. The molecule has 0 aromatic rings. The molecule has 5 nitrogen and oxygen atoms in total. The first kappa shape index (κ1) is 14.0. The first-order valence-corrected chi connectivity index (χ1v) is 9.62. The number of carbonyl (C=O) groups is 2. The Hall–Kier alpha value is -0.470. The number of unbranched alkanes of at least 4 members (excludes halogenated alkanes) is 1. The lowest BCUT2D eigenvalue weighted by Crippen LogP contribution is -2.38. The minimum Gasteiger partial charge on any atom is -0.481 e. The second-order valence-electron chi connectivity index (χ2n) is 4.76. The molecule has 2 aliphatic rings. The standard InChI is InChI=1S/C10H16N2O3S3/c13-8(14)4-2-1-3-7-9-6(5-18(7,16)17)11-10(15)12-9/h6-7,9H,1-5H2,(H,13,14)(H2,11,12,15)/t6-,7-,9-/m0/s1. The van der Waals surface area contributed by atoms with Crippen molar-refractivity contribution in [3.63, 3.8) is 0 Å². The smallest absolute Gasteiger partial charge is 0.315 e. The summed E-state index contributed by atoms with van der Waals surface area (Å²) in [5.74, 6) is -0.0597. The van der Waals surface area contributed by atoms with Gasteiger partial charge in [0.2, 0.25) is 0 Å². The molecule has 0 radical (unpaired) electrons. The molecule has 0 bridgehead atoms. The minimum atomic E-state index is -1.53.